The van der Waals surface area contributed by atoms with E-state index in [1.807, 2.05) is 11.8 Å². The fourth-order valence-electron chi connectivity index (χ4n) is 3.83. The second-order valence-electron chi connectivity index (χ2n) is 7.42. The zero-order valence-electron chi connectivity index (χ0n) is 14.4. The van der Waals surface area contributed by atoms with Gasteiger partial charge in [0, 0.05) is 18.7 Å². The minimum absolute atomic E-state index is 0.00689. The van der Waals surface area contributed by atoms with Crippen molar-refractivity contribution in [3.63, 3.8) is 0 Å². The number of allylic oxidation sites excluding steroid dienone is 3. The smallest absolute Gasteiger partial charge is 0.233 e. The first kappa shape index (κ1) is 16.3. The zero-order chi connectivity index (χ0) is 15.6. The van der Waals surface area contributed by atoms with E-state index in [2.05, 4.69) is 40.1 Å². The Labute approximate surface area is 129 Å². The van der Waals surface area contributed by atoms with Crippen molar-refractivity contribution in [3.05, 3.63) is 23.4 Å². The minimum atomic E-state index is -0.00689. The monoisotopic (exact) mass is 291 g/mol. The van der Waals surface area contributed by atoms with Gasteiger partial charge in [0.25, 0.3) is 0 Å². The van der Waals surface area contributed by atoms with Gasteiger partial charge in [-0.25, -0.2) is 0 Å². The van der Waals surface area contributed by atoms with Crippen molar-refractivity contribution in [1.82, 2.24) is 4.90 Å². The second kappa shape index (κ2) is 6.35. The average molecular weight is 291 g/mol. The highest BCUT2D eigenvalue weighted by atomic mass is 16.2. The van der Waals surface area contributed by atoms with Crippen molar-refractivity contribution in [2.75, 3.05) is 27.2 Å². The van der Waals surface area contributed by atoms with Crippen LogP contribution in [0.5, 0.6) is 0 Å². The van der Waals surface area contributed by atoms with Gasteiger partial charge < -0.3 is 9.38 Å². The topological polar surface area (TPSA) is 20.3 Å². The molecule has 0 aliphatic carbocycles. The number of carbonyl (C=O) groups is 1. The fourth-order valence-corrected chi connectivity index (χ4v) is 3.83. The van der Waals surface area contributed by atoms with E-state index in [0.29, 0.717) is 6.04 Å². The van der Waals surface area contributed by atoms with Crippen LogP contribution in [-0.2, 0) is 4.79 Å². The van der Waals surface area contributed by atoms with Crippen LogP contribution >= 0.6 is 0 Å². The zero-order valence-corrected chi connectivity index (χ0v) is 14.4. The maximum absolute atomic E-state index is 12.6. The summed E-state index contributed by atoms with van der Waals surface area (Å²) in [5.41, 5.74) is 2.30. The van der Waals surface area contributed by atoms with E-state index in [-0.39, 0.29) is 11.8 Å². The van der Waals surface area contributed by atoms with E-state index in [4.69, 9.17) is 0 Å². The van der Waals surface area contributed by atoms with Crippen molar-refractivity contribution in [2.24, 2.45) is 5.92 Å². The Morgan fingerprint density at radius 3 is 2.67 bits per heavy atom. The molecule has 0 aromatic rings. The Morgan fingerprint density at radius 1 is 1.29 bits per heavy atom. The van der Waals surface area contributed by atoms with Crippen LogP contribution in [-0.4, -0.2) is 48.5 Å². The number of hydrogen-bond donors (Lipinski definition) is 0. The molecule has 0 spiro atoms. The van der Waals surface area contributed by atoms with Gasteiger partial charge in [0.05, 0.1) is 32.6 Å². The Morgan fingerprint density at radius 2 is 2.00 bits per heavy atom. The van der Waals surface area contributed by atoms with Gasteiger partial charge in [-0.1, -0.05) is 18.6 Å². The summed E-state index contributed by atoms with van der Waals surface area (Å²) in [6.45, 7) is 8.28. The first-order valence-electron chi connectivity index (χ1n) is 8.32. The highest BCUT2D eigenvalue weighted by molar-refractivity contribution is 5.82. The summed E-state index contributed by atoms with van der Waals surface area (Å²) in [7, 11) is 4.68. The lowest BCUT2D eigenvalue weighted by atomic mass is 9.97. The van der Waals surface area contributed by atoms with Gasteiger partial charge in [0.2, 0.25) is 5.91 Å². The fraction of sp³-hybridized carbons (Fsp3) is 0.722. The van der Waals surface area contributed by atoms with Crippen LogP contribution in [0.3, 0.4) is 0 Å². The van der Waals surface area contributed by atoms with Gasteiger partial charge in [-0.05, 0) is 39.2 Å². The van der Waals surface area contributed by atoms with Crippen LogP contribution in [0.25, 0.3) is 0 Å². The molecule has 0 N–H and O–H groups in total. The van der Waals surface area contributed by atoms with Gasteiger partial charge in [-0.15, -0.1) is 0 Å². The van der Waals surface area contributed by atoms with Crippen molar-refractivity contribution >= 4 is 5.91 Å². The van der Waals surface area contributed by atoms with Gasteiger partial charge in [-0.3, -0.25) is 4.79 Å². The molecule has 0 unspecified atom stereocenters. The molecule has 2 heterocycles. The Bertz CT molecular complexity index is 462. The van der Waals surface area contributed by atoms with E-state index in [9.17, 15) is 4.79 Å². The highest BCUT2D eigenvalue weighted by Gasteiger charge is 2.32. The largest absolute Gasteiger partial charge is 0.326 e. The molecule has 3 nitrogen and oxygen atoms in total. The molecule has 21 heavy (non-hydrogen) atoms. The molecule has 2 aliphatic heterocycles. The summed E-state index contributed by atoms with van der Waals surface area (Å²) in [6.07, 6.45) is 9.30. The molecule has 3 heteroatoms. The third-order valence-corrected chi connectivity index (χ3v) is 5.23. The van der Waals surface area contributed by atoms with E-state index >= 15 is 0 Å². The molecule has 0 bridgehead atoms. The lowest BCUT2D eigenvalue weighted by Gasteiger charge is -2.42. The Kier molecular flexibility index (Phi) is 4.92. The Hall–Kier alpha value is -1.09. The summed E-state index contributed by atoms with van der Waals surface area (Å²) < 4.78 is 1.11. The summed E-state index contributed by atoms with van der Waals surface area (Å²) in [5, 5.41) is 0. The molecule has 2 rings (SSSR count). The SMILES string of the molecule is CC1=C[C@H](C)C(=O)N(CC[C@H]2CCCC[N+]2(C)C)C(C)=C1. The van der Waals surface area contributed by atoms with Crippen LogP contribution in [0.1, 0.15) is 46.5 Å². The van der Waals surface area contributed by atoms with Crippen LogP contribution in [0, 0.1) is 5.92 Å². The molecule has 0 aromatic carbocycles. The van der Waals surface area contributed by atoms with Crippen LogP contribution in [0.15, 0.2) is 23.4 Å². The molecule has 0 aromatic heterocycles. The molecular formula is C18H31N2O+. The number of rotatable bonds is 3. The van der Waals surface area contributed by atoms with Crippen molar-refractivity contribution in [1.29, 1.82) is 0 Å². The van der Waals surface area contributed by atoms with Gasteiger partial charge in [0.1, 0.15) is 0 Å². The van der Waals surface area contributed by atoms with Gasteiger partial charge in [0.15, 0.2) is 0 Å². The number of carbonyl (C=O) groups excluding carboxylic acids is 1. The maximum Gasteiger partial charge on any atom is 0.233 e. The van der Waals surface area contributed by atoms with Crippen molar-refractivity contribution in [3.8, 4) is 0 Å². The van der Waals surface area contributed by atoms with Crippen LogP contribution in [0.2, 0.25) is 0 Å². The van der Waals surface area contributed by atoms with E-state index in [0.717, 1.165) is 23.1 Å². The quantitative estimate of drug-likeness (QED) is 0.730. The molecule has 2 atom stereocenters. The van der Waals surface area contributed by atoms with Crippen LogP contribution in [0.4, 0.5) is 0 Å². The third kappa shape index (κ3) is 3.76. The predicted octanol–water partition coefficient (Wildman–Crippen LogP) is 3.33. The maximum atomic E-state index is 12.6. The predicted molar refractivity (Wildman–Crippen MR) is 87.6 cm³/mol. The molecule has 1 amide bonds. The Balaban J connectivity index is 2.04. The summed E-state index contributed by atoms with van der Waals surface area (Å²) in [6, 6.07) is 0.687. The highest BCUT2D eigenvalue weighted by Crippen LogP contribution is 2.26. The molecule has 2 aliphatic rings. The van der Waals surface area contributed by atoms with E-state index in [1.54, 1.807) is 0 Å². The number of piperidine rings is 1. The molecular weight excluding hydrogens is 260 g/mol. The van der Waals surface area contributed by atoms with Crippen molar-refractivity contribution in [2.45, 2.75) is 52.5 Å². The lowest BCUT2D eigenvalue weighted by Crippen LogP contribution is -2.53. The first-order valence-corrected chi connectivity index (χ1v) is 8.32. The first-order chi connectivity index (χ1) is 9.81. The number of quaternary nitrogens is 1. The molecule has 118 valence electrons. The van der Waals surface area contributed by atoms with Crippen molar-refractivity contribution < 1.29 is 9.28 Å². The number of hydrogen-bond acceptors (Lipinski definition) is 1. The van der Waals surface area contributed by atoms with Crippen LogP contribution < -0.4 is 0 Å². The number of nitrogens with zero attached hydrogens (tertiary/aromatic N) is 2. The van der Waals surface area contributed by atoms with E-state index < -0.39 is 0 Å². The third-order valence-electron chi connectivity index (χ3n) is 5.23. The van der Waals surface area contributed by atoms with Gasteiger partial charge in [-0.2, -0.15) is 0 Å². The number of amides is 1. The molecule has 1 saturated heterocycles. The molecule has 0 saturated carbocycles. The van der Waals surface area contributed by atoms with E-state index in [1.165, 1.54) is 31.4 Å². The second-order valence-corrected chi connectivity index (χ2v) is 7.42. The normalized spacial score (nSPS) is 29.8. The lowest BCUT2D eigenvalue weighted by molar-refractivity contribution is -0.920. The number of likely N-dealkylation sites (tertiary alicyclic amines) is 1. The summed E-state index contributed by atoms with van der Waals surface area (Å²) in [4.78, 5) is 14.6. The summed E-state index contributed by atoms with van der Waals surface area (Å²) in [5.74, 6) is 0.245. The minimum Gasteiger partial charge on any atom is -0.326 e. The molecule has 1 fully saturated rings. The van der Waals surface area contributed by atoms with Gasteiger partial charge >= 0.3 is 0 Å². The standard InChI is InChI=1S/C18H31N2O/c1-14-12-15(2)18(21)19(16(3)13-14)10-9-17-8-6-7-11-20(17,4)5/h12-13,15,17H,6-11H2,1-5H3/q+1/t15-,17+/m0/s1. The summed E-state index contributed by atoms with van der Waals surface area (Å²) >= 11 is 0. The average Bonchev–Trinajstić information content (AvgIpc) is 2.47. The molecule has 0 radical (unpaired) electrons.